The summed E-state index contributed by atoms with van der Waals surface area (Å²) in [7, 11) is 0. The van der Waals surface area contributed by atoms with Crippen molar-refractivity contribution in [1.82, 2.24) is 0 Å². The lowest BCUT2D eigenvalue weighted by atomic mass is 10.2. The Morgan fingerprint density at radius 1 is 1.50 bits per heavy atom. The molecule has 5 nitrogen and oxygen atoms in total. The number of rotatable bonds is 4. The molecule has 0 aliphatic carbocycles. The van der Waals surface area contributed by atoms with Gasteiger partial charge in [-0.05, 0) is 38.0 Å². The quantitative estimate of drug-likeness (QED) is 0.856. The molecule has 2 rings (SSSR count). The Kier molecular flexibility index (Phi) is 4.68. The largest absolute Gasteiger partial charge is 0.451 e. The van der Waals surface area contributed by atoms with Gasteiger partial charge in [-0.3, -0.25) is 4.79 Å². The van der Waals surface area contributed by atoms with Crippen molar-refractivity contribution in [1.29, 1.82) is 0 Å². The van der Waals surface area contributed by atoms with Crippen LogP contribution in [0.5, 0.6) is 0 Å². The number of esters is 1. The number of ether oxygens (including phenoxy) is 2. The molecule has 1 aliphatic heterocycles. The number of carbonyl (C=O) groups excluding carboxylic acids is 2. The van der Waals surface area contributed by atoms with E-state index in [0.29, 0.717) is 18.7 Å². The minimum atomic E-state index is -0.963. The lowest BCUT2D eigenvalue weighted by Crippen LogP contribution is -2.34. The summed E-state index contributed by atoms with van der Waals surface area (Å²) in [4.78, 5) is 23.5. The van der Waals surface area contributed by atoms with Crippen LogP contribution in [-0.2, 0) is 19.1 Å². The van der Waals surface area contributed by atoms with Crippen molar-refractivity contribution < 1.29 is 23.5 Å². The van der Waals surface area contributed by atoms with Crippen molar-refractivity contribution in [2.45, 2.75) is 32.0 Å². The van der Waals surface area contributed by atoms with E-state index in [-0.39, 0.29) is 0 Å². The van der Waals surface area contributed by atoms with Crippen molar-refractivity contribution in [3.63, 3.8) is 0 Å². The highest BCUT2D eigenvalue weighted by molar-refractivity contribution is 5.95. The molecule has 0 saturated carbocycles. The smallest absolute Gasteiger partial charge is 0.336 e. The van der Waals surface area contributed by atoms with E-state index in [0.717, 1.165) is 6.42 Å². The van der Waals surface area contributed by atoms with Crippen LogP contribution in [0.1, 0.15) is 19.8 Å². The zero-order valence-electron chi connectivity index (χ0n) is 11.1. The third-order valence-corrected chi connectivity index (χ3v) is 2.95. The Morgan fingerprint density at radius 3 is 2.95 bits per heavy atom. The molecule has 1 aromatic rings. The van der Waals surface area contributed by atoms with Crippen LogP contribution in [0, 0.1) is 5.82 Å². The van der Waals surface area contributed by atoms with Crippen LogP contribution in [0.4, 0.5) is 10.1 Å². The average Bonchev–Trinajstić information content (AvgIpc) is 2.92. The minimum Gasteiger partial charge on any atom is -0.451 e. The second-order valence-corrected chi connectivity index (χ2v) is 4.58. The highest BCUT2D eigenvalue weighted by Crippen LogP contribution is 2.15. The van der Waals surface area contributed by atoms with Crippen molar-refractivity contribution in [2.75, 3.05) is 11.9 Å². The van der Waals surface area contributed by atoms with Gasteiger partial charge >= 0.3 is 5.97 Å². The fourth-order valence-electron chi connectivity index (χ4n) is 1.88. The van der Waals surface area contributed by atoms with Crippen molar-refractivity contribution in [2.24, 2.45) is 0 Å². The van der Waals surface area contributed by atoms with Crippen molar-refractivity contribution >= 4 is 17.6 Å². The van der Waals surface area contributed by atoms with Gasteiger partial charge in [-0.25, -0.2) is 9.18 Å². The van der Waals surface area contributed by atoms with Gasteiger partial charge in [-0.2, -0.15) is 0 Å². The Hall–Kier alpha value is -1.95. The Bertz CT molecular complexity index is 500. The summed E-state index contributed by atoms with van der Waals surface area (Å²) in [5.41, 5.74) is 0.315. The molecule has 0 aromatic heterocycles. The van der Waals surface area contributed by atoms with Crippen LogP contribution in [0.2, 0.25) is 0 Å². The Labute approximate surface area is 116 Å². The molecule has 1 heterocycles. The topological polar surface area (TPSA) is 64.6 Å². The third kappa shape index (κ3) is 3.77. The van der Waals surface area contributed by atoms with Gasteiger partial charge < -0.3 is 14.8 Å². The fourth-order valence-corrected chi connectivity index (χ4v) is 1.88. The molecule has 1 aliphatic rings. The number of benzene rings is 1. The summed E-state index contributed by atoms with van der Waals surface area (Å²) in [5.74, 6) is -1.50. The predicted molar refractivity (Wildman–Crippen MR) is 69.6 cm³/mol. The van der Waals surface area contributed by atoms with Gasteiger partial charge in [-0.1, -0.05) is 6.07 Å². The van der Waals surface area contributed by atoms with Crippen LogP contribution in [-0.4, -0.2) is 30.7 Å². The highest BCUT2D eigenvalue weighted by atomic mass is 19.1. The number of hydrogen-bond donors (Lipinski definition) is 1. The predicted octanol–water partition coefficient (Wildman–Crippen LogP) is 1.87. The second kappa shape index (κ2) is 6.47. The van der Waals surface area contributed by atoms with Crippen LogP contribution in [0.3, 0.4) is 0 Å². The first-order chi connectivity index (χ1) is 9.56. The number of nitrogens with one attached hydrogen (secondary N) is 1. The minimum absolute atomic E-state index is 0.315. The summed E-state index contributed by atoms with van der Waals surface area (Å²) in [6, 6.07) is 5.49. The zero-order chi connectivity index (χ0) is 14.5. The number of anilines is 1. The van der Waals surface area contributed by atoms with Crippen LogP contribution >= 0.6 is 0 Å². The molecule has 108 valence electrons. The van der Waals surface area contributed by atoms with E-state index in [2.05, 4.69) is 5.32 Å². The SMILES string of the molecule is C[C@H](OC(=O)[C@@H]1CCCO1)C(=O)Nc1cccc(F)c1. The Morgan fingerprint density at radius 2 is 2.30 bits per heavy atom. The van der Waals surface area contributed by atoms with E-state index in [9.17, 15) is 14.0 Å². The van der Waals surface area contributed by atoms with Gasteiger partial charge in [-0.15, -0.1) is 0 Å². The van der Waals surface area contributed by atoms with Gasteiger partial charge in [0.15, 0.2) is 12.2 Å². The molecule has 6 heteroatoms. The lowest BCUT2D eigenvalue weighted by molar-refractivity contribution is -0.162. The van der Waals surface area contributed by atoms with Crippen molar-refractivity contribution in [3.05, 3.63) is 30.1 Å². The molecular weight excluding hydrogens is 265 g/mol. The van der Waals surface area contributed by atoms with Gasteiger partial charge in [0.2, 0.25) is 0 Å². The standard InChI is InChI=1S/C14H16FNO4/c1-9(20-14(18)12-6-3-7-19-12)13(17)16-11-5-2-4-10(15)8-11/h2,4-5,8-9,12H,3,6-7H2,1H3,(H,16,17)/t9-,12-/m0/s1. The van der Waals surface area contributed by atoms with E-state index >= 15 is 0 Å². The first-order valence-electron chi connectivity index (χ1n) is 6.45. The highest BCUT2D eigenvalue weighted by Gasteiger charge is 2.28. The summed E-state index contributed by atoms with van der Waals surface area (Å²) in [5, 5.41) is 2.48. The van der Waals surface area contributed by atoms with Crippen LogP contribution < -0.4 is 5.32 Å². The third-order valence-electron chi connectivity index (χ3n) is 2.95. The number of carbonyl (C=O) groups is 2. The number of hydrogen-bond acceptors (Lipinski definition) is 4. The summed E-state index contributed by atoms with van der Waals surface area (Å²) in [6.45, 7) is 1.99. The summed E-state index contributed by atoms with van der Waals surface area (Å²) >= 11 is 0. The van der Waals surface area contributed by atoms with Gasteiger partial charge in [0.1, 0.15) is 5.82 Å². The van der Waals surface area contributed by atoms with E-state index in [1.165, 1.54) is 25.1 Å². The first kappa shape index (κ1) is 14.5. The second-order valence-electron chi connectivity index (χ2n) is 4.58. The summed E-state index contributed by atoms with van der Waals surface area (Å²) in [6.07, 6.45) is -0.129. The maximum absolute atomic E-state index is 13.0. The van der Waals surface area contributed by atoms with Crippen molar-refractivity contribution in [3.8, 4) is 0 Å². The molecule has 0 spiro atoms. The average molecular weight is 281 g/mol. The maximum atomic E-state index is 13.0. The monoisotopic (exact) mass is 281 g/mol. The molecule has 0 unspecified atom stereocenters. The number of amides is 1. The molecule has 1 fully saturated rings. The lowest BCUT2D eigenvalue weighted by Gasteiger charge is -2.15. The van der Waals surface area contributed by atoms with Crippen LogP contribution in [0.25, 0.3) is 0 Å². The zero-order valence-corrected chi connectivity index (χ0v) is 11.1. The molecule has 0 bridgehead atoms. The molecule has 20 heavy (non-hydrogen) atoms. The normalized spacial score (nSPS) is 19.4. The van der Waals surface area contributed by atoms with E-state index in [1.807, 2.05) is 0 Å². The number of halogens is 1. The maximum Gasteiger partial charge on any atom is 0.336 e. The van der Waals surface area contributed by atoms with Gasteiger partial charge in [0.25, 0.3) is 5.91 Å². The molecule has 2 atom stereocenters. The summed E-state index contributed by atoms with van der Waals surface area (Å²) < 4.78 is 23.2. The fraction of sp³-hybridized carbons (Fsp3) is 0.429. The molecule has 1 saturated heterocycles. The molecular formula is C14H16FNO4. The van der Waals surface area contributed by atoms with E-state index < -0.39 is 29.9 Å². The molecule has 1 amide bonds. The van der Waals surface area contributed by atoms with Gasteiger partial charge in [0, 0.05) is 12.3 Å². The molecule has 1 N–H and O–H groups in total. The Balaban J connectivity index is 1.86. The van der Waals surface area contributed by atoms with E-state index in [4.69, 9.17) is 9.47 Å². The van der Waals surface area contributed by atoms with Gasteiger partial charge in [0.05, 0.1) is 0 Å². The van der Waals surface area contributed by atoms with E-state index in [1.54, 1.807) is 6.07 Å². The molecule has 0 radical (unpaired) electrons. The molecule has 1 aromatic carbocycles. The first-order valence-corrected chi connectivity index (χ1v) is 6.45. The van der Waals surface area contributed by atoms with Crippen LogP contribution in [0.15, 0.2) is 24.3 Å².